The van der Waals surface area contributed by atoms with Crippen LogP contribution in [-0.2, 0) is 18.0 Å². The van der Waals surface area contributed by atoms with Crippen LogP contribution in [0.2, 0.25) is 0 Å². The van der Waals surface area contributed by atoms with Crippen LogP contribution in [-0.4, -0.2) is 16.0 Å². The monoisotopic (exact) mass is 214 g/mol. The Balaban J connectivity index is 1.99. The second kappa shape index (κ2) is 3.57. The zero-order valence-corrected chi connectivity index (χ0v) is 8.56. The zero-order valence-electron chi connectivity index (χ0n) is 8.56. The Morgan fingerprint density at radius 2 is 2.12 bits per heavy atom. The van der Waals surface area contributed by atoms with Gasteiger partial charge < -0.3 is 4.74 Å². The molecule has 1 aliphatic heterocycles. The number of carbonyl (C=O) groups excluding carboxylic acids is 1. The topological polar surface area (TPSA) is 55.0 Å². The van der Waals surface area contributed by atoms with Gasteiger partial charge in [0.1, 0.15) is 5.69 Å². The van der Waals surface area contributed by atoms with E-state index in [0.717, 1.165) is 5.56 Å². The van der Waals surface area contributed by atoms with Gasteiger partial charge in [0.25, 0.3) is 0 Å². The first-order valence-electron chi connectivity index (χ1n) is 5.08. The minimum Gasteiger partial charge on any atom is -0.372 e. The van der Waals surface area contributed by atoms with Crippen molar-refractivity contribution in [3.63, 3.8) is 0 Å². The average Bonchev–Trinajstić information content (AvgIpc) is 2.98. The van der Waals surface area contributed by atoms with Gasteiger partial charge in [-0.1, -0.05) is 12.1 Å². The maximum atomic E-state index is 12.0. The van der Waals surface area contributed by atoms with Gasteiger partial charge in [0.15, 0.2) is 0 Å². The molecule has 0 atom stereocenters. The molecule has 0 fully saturated rings. The molecule has 16 heavy (non-hydrogen) atoms. The number of rotatable bonds is 2. The van der Waals surface area contributed by atoms with E-state index in [-0.39, 0.29) is 5.78 Å². The van der Waals surface area contributed by atoms with Gasteiger partial charge in [-0.3, -0.25) is 9.89 Å². The number of ketones is 1. The lowest BCUT2D eigenvalue weighted by atomic mass is 10.0. The van der Waals surface area contributed by atoms with E-state index in [0.29, 0.717) is 24.5 Å². The summed E-state index contributed by atoms with van der Waals surface area (Å²) in [5.41, 5.74) is 3.46. The first-order valence-corrected chi connectivity index (χ1v) is 5.08. The zero-order chi connectivity index (χ0) is 11.0. The normalized spacial score (nSPS) is 13.8. The highest BCUT2D eigenvalue weighted by atomic mass is 16.5. The Hall–Kier alpha value is -1.94. The Morgan fingerprint density at radius 1 is 1.25 bits per heavy atom. The quantitative estimate of drug-likeness (QED) is 0.773. The van der Waals surface area contributed by atoms with Crippen molar-refractivity contribution >= 4 is 5.78 Å². The molecule has 0 radical (unpaired) electrons. The number of fused-ring (bicyclic) bond motifs is 1. The van der Waals surface area contributed by atoms with Crippen molar-refractivity contribution in [3.05, 3.63) is 52.8 Å². The molecule has 4 heteroatoms. The van der Waals surface area contributed by atoms with E-state index in [1.54, 1.807) is 12.3 Å². The van der Waals surface area contributed by atoms with E-state index < -0.39 is 0 Å². The van der Waals surface area contributed by atoms with E-state index >= 15 is 0 Å². The van der Waals surface area contributed by atoms with Crippen molar-refractivity contribution in [1.82, 2.24) is 10.2 Å². The molecule has 80 valence electrons. The van der Waals surface area contributed by atoms with E-state index in [9.17, 15) is 4.79 Å². The van der Waals surface area contributed by atoms with Crippen molar-refractivity contribution in [2.75, 3.05) is 0 Å². The number of aromatic amines is 1. The Labute approximate surface area is 92.2 Å². The minimum atomic E-state index is -0.0350. The molecule has 0 amide bonds. The third-order valence-electron chi connectivity index (χ3n) is 2.73. The fourth-order valence-electron chi connectivity index (χ4n) is 1.85. The van der Waals surface area contributed by atoms with Crippen LogP contribution in [0, 0.1) is 0 Å². The maximum absolute atomic E-state index is 12.0. The highest BCUT2D eigenvalue weighted by molar-refractivity contribution is 6.07. The molecule has 3 rings (SSSR count). The summed E-state index contributed by atoms with van der Waals surface area (Å²) in [5, 5.41) is 6.44. The second-order valence-electron chi connectivity index (χ2n) is 3.78. The molecule has 0 bridgehead atoms. The molecule has 1 aliphatic rings. The van der Waals surface area contributed by atoms with Gasteiger partial charge in [-0.2, -0.15) is 5.10 Å². The predicted octanol–water partition coefficient (Wildman–Crippen LogP) is 1.67. The molecular formula is C12H10N2O2. The van der Waals surface area contributed by atoms with Gasteiger partial charge in [-0.15, -0.1) is 0 Å². The van der Waals surface area contributed by atoms with Crippen LogP contribution in [0.5, 0.6) is 0 Å². The minimum absolute atomic E-state index is 0.0350. The first-order chi connectivity index (χ1) is 7.84. The molecule has 2 aromatic rings. The fraction of sp³-hybridized carbons (Fsp3) is 0.167. The summed E-state index contributed by atoms with van der Waals surface area (Å²) < 4.78 is 5.31. The standard InChI is InChI=1S/C12H10N2O2/c15-12(11-3-4-13-14-11)8-1-2-9-6-16-7-10(9)5-8/h1-5H,6-7H2,(H,13,14). The van der Waals surface area contributed by atoms with Crippen molar-refractivity contribution in [3.8, 4) is 0 Å². The van der Waals surface area contributed by atoms with Crippen LogP contribution in [0.4, 0.5) is 0 Å². The summed E-state index contributed by atoms with van der Waals surface area (Å²) in [6, 6.07) is 7.35. The highest BCUT2D eigenvalue weighted by Crippen LogP contribution is 2.21. The van der Waals surface area contributed by atoms with Gasteiger partial charge in [0.05, 0.1) is 13.2 Å². The lowest BCUT2D eigenvalue weighted by Crippen LogP contribution is -2.02. The number of nitrogens with one attached hydrogen (secondary N) is 1. The Bertz CT molecular complexity index is 532. The fourth-order valence-corrected chi connectivity index (χ4v) is 1.85. The molecule has 1 N–H and O–H groups in total. The number of H-pyrrole nitrogens is 1. The summed E-state index contributed by atoms with van der Waals surface area (Å²) in [4.78, 5) is 12.0. The van der Waals surface area contributed by atoms with Gasteiger partial charge in [-0.25, -0.2) is 0 Å². The van der Waals surface area contributed by atoms with Crippen LogP contribution in [0.1, 0.15) is 27.2 Å². The number of hydrogen-bond acceptors (Lipinski definition) is 3. The van der Waals surface area contributed by atoms with Crippen LogP contribution >= 0.6 is 0 Å². The lowest BCUT2D eigenvalue weighted by Gasteiger charge is -2.01. The van der Waals surface area contributed by atoms with Crippen molar-refractivity contribution < 1.29 is 9.53 Å². The molecule has 0 aliphatic carbocycles. The van der Waals surface area contributed by atoms with Gasteiger partial charge in [0.2, 0.25) is 5.78 Å². The first kappa shape index (κ1) is 9.30. The van der Waals surface area contributed by atoms with Gasteiger partial charge in [0, 0.05) is 11.8 Å². The molecule has 0 saturated heterocycles. The van der Waals surface area contributed by atoms with Crippen molar-refractivity contribution in [1.29, 1.82) is 0 Å². The predicted molar refractivity (Wildman–Crippen MR) is 57.0 cm³/mol. The van der Waals surface area contributed by atoms with Crippen LogP contribution < -0.4 is 0 Å². The van der Waals surface area contributed by atoms with E-state index in [4.69, 9.17) is 4.74 Å². The molecule has 0 saturated carbocycles. The number of ether oxygens (including phenoxy) is 1. The van der Waals surface area contributed by atoms with Crippen molar-refractivity contribution in [2.45, 2.75) is 13.2 Å². The number of carbonyl (C=O) groups is 1. The molecule has 0 spiro atoms. The van der Waals surface area contributed by atoms with E-state index in [1.165, 1.54) is 5.56 Å². The third kappa shape index (κ3) is 1.44. The van der Waals surface area contributed by atoms with Gasteiger partial charge in [-0.05, 0) is 23.3 Å². The third-order valence-corrected chi connectivity index (χ3v) is 2.73. The summed E-state index contributed by atoms with van der Waals surface area (Å²) in [6.45, 7) is 1.24. The second-order valence-corrected chi connectivity index (χ2v) is 3.78. The molecule has 2 heterocycles. The maximum Gasteiger partial charge on any atom is 0.210 e. The molecule has 1 aromatic carbocycles. The molecular weight excluding hydrogens is 204 g/mol. The smallest absolute Gasteiger partial charge is 0.210 e. The Kier molecular flexibility index (Phi) is 2.08. The number of benzene rings is 1. The average molecular weight is 214 g/mol. The number of hydrogen-bond donors (Lipinski definition) is 1. The summed E-state index contributed by atoms with van der Waals surface area (Å²) in [5.74, 6) is -0.0350. The van der Waals surface area contributed by atoms with E-state index in [2.05, 4.69) is 10.2 Å². The van der Waals surface area contributed by atoms with Crippen LogP contribution in [0.3, 0.4) is 0 Å². The molecule has 4 nitrogen and oxygen atoms in total. The van der Waals surface area contributed by atoms with Crippen LogP contribution in [0.25, 0.3) is 0 Å². The Morgan fingerprint density at radius 3 is 2.94 bits per heavy atom. The highest BCUT2D eigenvalue weighted by Gasteiger charge is 2.15. The summed E-state index contributed by atoms with van der Waals surface area (Å²) in [6.07, 6.45) is 1.57. The largest absolute Gasteiger partial charge is 0.372 e. The van der Waals surface area contributed by atoms with Crippen molar-refractivity contribution in [2.24, 2.45) is 0 Å². The van der Waals surface area contributed by atoms with Crippen LogP contribution in [0.15, 0.2) is 30.5 Å². The SMILES string of the molecule is O=C(c1ccc2c(c1)COC2)c1ccn[nH]1. The van der Waals surface area contributed by atoms with E-state index in [1.807, 2.05) is 18.2 Å². The number of nitrogens with zero attached hydrogens (tertiary/aromatic N) is 1. The lowest BCUT2D eigenvalue weighted by molar-refractivity contribution is 0.103. The summed E-state index contributed by atoms with van der Waals surface area (Å²) in [7, 11) is 0. The summed E-state index contributed by atoms with van der Waals surface area (Å²) >= 11 is 0. The van der Waals surface area contributed by atoms with Gasteiger partial charge >= 0.3 is 0 Å². The molecule has 1 aromatic heterocycles. The molecule has 0 unspecified atom stereocenters. The number of aromatic nitrogens is 2.